The summed E-state index contributed by atoms with van der Waals surface area (Å²) in [7, 11) is 1.80. The molecule has 11 radical (unpaired) electrons. The number of hydrogen-bond donors (Lipinski definition) is 0. The lowest BCUT2D eigenvalue weighted by atomic mass is 10.5. The molecule has 0 bridgehead atoms. The molecule has 81 valence electrons. The van der Waals surface area contributed by atoms with Crippen LogP contribution < -0.4 is 0 Å². The van der Waals surface area contributed by atoms with Crippen molar-refractivity contribution in [1.82, 2.24) is 0 Å². The maximum atomic E-state index is 11.7. The van der Waals surface area contributed by atoms with E-state index < -0.39 is 12.6 Å². The van der Waals surface area contributed by atoms with Crippen LogP contribution in [0.5, 0.6) is 0 Å². The number of hydrogen-bond acceptors (Lipinski definition) is 4. The molecule has 0 heterocycles. The highest BCUT2D eigenvalue weighted by atomic mass is 28.4. The lowest BCUT2D eigenvalue weighted by Gasteiger charge is -2.04. The Morgan fingerprint density at radius 2 is 1.60 bits per heavy atom. The smallest absolute Gasteiger partial charge is 0.412 e. The third-order valence-electron chi connectivity index (χ3n) is 0.833. The lowest BCUT2D eigenvalue weighted by molar-refractivity contribution is -0.130. The Kier molecular flexibility index (Phi) is 10.4. The predicted molar refractivity (Wildman–Crippen MR) is 48.6 cm³/mol. The average Bonchev–Trinajstić information content (AvgIpc) is 2.14. The molecule has 0 amide bonds. The minimum absolute atomic E-state index is 0.0319. The van der Waals surface area contributed by atoms with E-state index in [2.05, 4.69) is 14.6 Å². The molecule has 0 aliphatic rings. The minimum atomic E-state index is -4.11. The zero-order valence-electron chi connectivity index (χ0n) is 7.18. The Labute approximate surface area is 98.9 Å². The van der Waals surface area contributed by atoms with E-state index in [0.717, 1.165) is 0 Å². The molecular weight excluding hydrogens is 297 g/mol. The van der Waals surface area contributed by atoms with Crippen molar-refractivity contribution in [2.75, 3.05) is 0 Å². The average molecular weight is 301 g/mol. The highest BCUT2D eigenvalue weighted by molar-refractivity contribution is 6.46. The van der Waals surface area contributed by atoms with Crippen LogP contribution in [0.2, 0.25) is 6.04 Å². The van der Waals surface area contributed by atoms with Crippen LogP contribution in [0.15, 0.2) is 0 Å². The Bertz CT molecular complexity index is 148. The second kappa shape index (κ2) is 9.91. The topological polar surface area (TPSA) is 36.9 Å². The second-order valence-electron chi connectivity index (χ2n) is 1.92. The van der Waals surface area contributed by atoms with E-state index in [-0.39, 0.29) is 45.8 Å². The molecule has 0 aromatic heterocycles. The van der Waals surface area contributed by atoms with Crippen molar-refractivity contribution in [2.24, 2.45) is 0 Å². The van der Waals surface area contributed by atoms with Crippen LogP contribution >= 0.6 is 0 Å². The van der Waals surface area contributed by atoms with Gasteiger partial charge in [-0.25, -0.2) is 0 Å². The van der Waals surface area contributed by atoms with E-state index >= 15 is 0 Å². The van der Waals surface area contributed by atoms with Crippen molar-refractivity contribution in [3.8, 4) is 0 Å². The molecule has 0 unspecified atom stereocenters. The van der Waals surface area contributed by atoms with Gasteiger partial charge in [-0.1, -0.05) is 0 Å². The molecule has 0 rings (SSSR count). The highest BCUT2D eigenvalue weighted by Gasteiger charge is 2.26. The minimum Gasteiger partial charge on any atom is -0.435 e. The van der Waals surface area contributed by atoms with E-state index in [1.54, 1.807) is 0 Å². The van der Waals surface area contributed by atoms with Crippen LogP contribution in [0.3, 0.4) is 0 Å². The zero-order chi connectivity index (χ0) is 11.6. The standard InChI is InChI=1S/C3H4F3O4Si5/c4-3(5,6)1-2-12-8-14-10-15-9-13-7-11/h1-2H2. The fourth-order valence-corrected chi connectivity index (χ4v) is 3.30. The van der Waals surface area contributed by atoms with Gasteiger partial charge in [0.15, 0.2) is 0 Å². The summed E-state index contributed by atoms with van der Waals surface area (Å²) < 4.78 is 53.7. The molecule has 0 N–H and O–H groups in total. The summed E-state index contributed by atoms with van der Waals surface area (Å²) in [5.74, 6) is 0. The van der Waals surface area contributed by atoms with E-state index in [4.69, 9.17) is 12.3 Å². The fourth-order valence-electron chi connectivity index (χ4n) is 0.370. The van der Waals surface area contributed by atoms with E-state index in [1.807, 2.05) is 0 Å². The van der Waals surface area contributed by atoms with Gasteiger partial charge in [0, 0.05) is 6.42 Å². The van der Waals surface area contributed by atoms with Crippen molar-refractivity contribution in [1.29, 1.82) is 0 Å². The molecule has 0 spiro atoms. The molecule has 0 aliphatic heterocycles. The summed E-state index contributed by atoms with van der Waals surface area (Å²) in [6.45, 7) is 0. The molecule has 0 atom stereocenters. The molecule has 4 nitrogen and oxygen atoms in total. The molecular formula is C3H4F3O4Si5. The molecule has 12 heteroatoms. The molecule has 0 saturated carbocycles. The van der Waals surface area contributed by atoms with Crippen LogP contribution in [0.4, 0.5) is 13.2 Å². The van der Waals surface area contributed by atoms with Crippen LogP contribution in [0.1, 0.15) is 6.42 Å². The fraction of sp³-hybridized carbons (Fsp3) is 1.00. The third-order valence-corrected chi connectivity index (χ3v) is 3.86. The van der Waals surface area contributed by atoms with Gasteiger partial charge in [0.1, 0.15) is 0 Å². The summed E-state index contributed by atoms with van der Waals surface area (Å²) >= 11 is 0. The normalized spacial score (nSPS) is 12.0. The molecule has 0 aromatic rings. The van der Waals surface area contributed by atoms with Crippen molar-refractivity contribution in [3.63, 3.8) is 0 Å². The van der Waals surface area contributed by atoms with Gasteiger partial charge in [-0.2, -0.15) is 13.2 Å². The Morgan fingerprint density at radius 3 is 2.20 bits per heavy atom. The lowest BCUT2D eigenvalue weighted by Crippen LogP contribution is -2.17. The van der Waals surface area contributed by atoms with Crippen LogP contribution in [-0.4, -0.2) is 56.4 Å². The first kappa shape index (κ1) is 15.7. The molecule has 0 saturated heterocycles. The Balaban J connectivity index is 2.99. The maximum absolute atomic E-state index is 11.7. The first-order valence-corrected chi connectivity index (χ1v) is 7.38. The molecule has 0 fully saturated rings. The zero-order valence-corrected chi connectivity index (χ0v) is 12.2. The molecule has 0 aromatic carbocycles. The van der Waals surface area contributed by atoms with Crippen LogP contribution in [0.25, 0.3) is 0 Å². The van der Waals surface area contributed by atoms with Crippen molar-refractivity contribution < 1.29 is 29.6 Å². The summed E-state index contributed by atoms with van der Waals surface area (Å²) in [5, 5.41) is 0. The van der Waals surface area contributed by atoms with E-state index in [0.29, 0.717) is 0 Å². The van der Waals surface area contributed by atoms with Gasteiger partial charge in [0.05, 0.1) is 0 Å². The van der Waals surface area contributed by atoms with E-state index in [1.165, 1.54) is 0 Å². The highest BCUT2D eigenvalue weighted by Crippen LogP contribution is 2.20. The number of rotatable bonds is 9. The summed E-state index contributed by atoms with van der Waals surface area (Å²) in [4.78, 5) is 0. The molecule has 15 heavy (non-hydrogen) atoms. The quantitative estimate of drug-likeness (QED) is 0.434. The number of alkyl halides is 3. The Hall–Kier alpha value is 0.714. The van der Waals surface area contributed by atoms with Crippen molar-refractivity contribution in [2.45, 2.75) is 18.6 Å². The number of halogens is 3. The van der Waals surface area contributed by atoms with Gasteiger partial charge in [-0.15, -0.1) is 0 Å². The van der Waals surface area contributed by atoms with Crippen LogP contribution in [-0.2, 0) is 16.5 Å². The Morgan fingerprint density at radius 1 is 1.00 bits per heavy atom. The van der Waals surface area contributed by atoms with Crippen molar-refractivity contribution in [3.05, 3.63) is 0 Å². The SMILES string of the molecule is FC(F)(F)CC[Si]O[Si]O[Si]O[Si]O[Si]. The third kappa shape index (κ3) is 14.7. The maximum Gasteiger partial charge on any atom is 0.412 e. The van der Waals surface area contributed by atoms with Gasteiger partial charge < -0.3 is 16.5 Å². The second-order valence-corrected chi connectivity index (χ2v) is 6.47. The summed E-state index contributed by atoms with van der Waals surface area (Å²) in [6.07, 6.45) is -4.94. The van der Waals surface area contributed by atoms with Crippen molar-refractivity contribution >= 4 is 50.3 Å². The van der Waals surface area contributed by atoms with Gasteiger partial charge in [0.2, 0.25) is 20.2 Å². The monoisotopic (exact) mass is 301 g/mol. The van der Waals surface area contributed by atoms with Crippen LogP contribution in [0, 0.1) is 0 Å². The van der Waals surface area contributed by atoms with Gasteiger partial charge in [0.25, 0.3) is 0 Å². The summed E-state index contributed by atoms with van der Waals surface area (Å²) in [6, 6.07) is -0.0319. The summed E-state index contributed by atoms with van der Waals surface area (Å²) in [5.41, 5.74) is 0. The first-order chi connectivity index (χ1) is 7.06. The van der Waals surface area contributed by atoms with Gasteiger partial charge in [-0.05, 0) is 6.04 Å². The van der Waals surface area contributed by atoms with Gasteiger partial charge in [-0.3, -0.25) is 0 Å². The largest absolute Gasteiger partial charge is 0.435 e. The van der Waals surface area contributed by atoms with E-state index in [9.17, 15) is 13.2 Å². The molecule has 0 aliphatic carbocycles. The predicted octanol–water partition coefficient (Wildman–Crippen LogP) is -0.271. The first-order valence-electron chi connectivity index (χ1n) is 3.41. The van der Waals surface area contributed by atoms with Gasteiger partial charge >= 0.3 is 36.2 Å².